The summed E-state index contributed by atoms with van der Waals surface area (Å²) in [5, 5.41) is 5.72. The Kier molecular flexibility index (Phi) is 7.68. The number of methoxy groups -OCH3 is 1. The van der Waals surface area contributed by atoms with Crippen LogP contribution in [0.2, 0.25) is 5.02 Å². The Morgan fingerprint density at radius 3 is 2.39 bits per heavy atom. The van der Waals surface area contributed by atoms with Crippen molar-refractivity contribution in [2.75, 3.05) is 12.0 Å². The topological polar surface area (TPSA) is 58.6 Å². The van der Waals surface area contributed by atoms with Gasteiger partial charge >= 0.3 is 0 Å². The van der Waals surface area contributed by atoms with E-state index in [-0.39, 0.29) is 24.3 Å². The highest BCUT2D eigenvalue weighted by Gasteiger charge is 2.34. The zero-order valence-corrected chi connectivity index (χ0v) is 20.1. The fourth-order valence-corrected chi connectivity index (χ4v) is 5.06. The predicted octanol–water partition coefficient (Wildman–Crippen LogP) is 5.79. The quantitative estimate of drug-likeness (QED) is 0.442. The van der Waals surface area contributed by atoms with Gasteiger partial charge in [0.05, 0.1) is 13.5 Å². The van der Waals surface area contributed by atoms with E-state index in [2.05, 4.69) is 5.32 Å². The summed E-state index contributed by atoms with van der Waals surface area (Å²) in [6.07, 6.45) is 4.35. The van der Waals surface area contributed by atoms with E-state index in [1.54, 1.807) is 36.3 Å². The van der Waals surface area contributed by atoms with Crippen molar-refractivity contribution in [3.63, 3.8) is 0 Å². The molecule has 1 atom stereocenters. The minimum atomic E-state index is -0.816. The van der Waals surface area contributed by atoms with E-state index in [4.69, 9.17) is 16.3 Å². The number of thiophene rings is 1. The van der Waals surface area contributed by atoms with Crippen molar-refractivity contribution in [2.45, 2.75) is 44.2 Å². The lowest BCUT2D eigenvalue weighted by molar-refractivity contribution is -0.127. The third kappa shape index (κ3) is 5.75. The second-order valence-corrected chi connectivity index (χ2v) is 9.63. The molecule has 1 aliphatic rings. The summed E-state index contributed by atoms with van der Waals surface area (Å²) in [4.78, 5) is 29.9. The molecule has 1 unspecified atom stereocenters. The number of halogens is 1. The molecule has 1 saturated carbocycles. The Bertz CT molecular complexity index is 1060. The van der Waals surface area contributed by atoms with Crippen molar-refractivity contribution in [1.82, 2.24) is 5.32 Å². The van der Waals surface area contributed by atoms with Gasteiger partial charge in [0.1, 0.15) is 11.8 Å². The molecule has 0 spiro atoms. The van der Waals surface area contributed by atoms with Crippen LogP contribution in [0.15, 0.2) is 66.0 Å². The van der Waals surface area contributed by atoms with E-state index in [9.17, 15) is 9.59 Å². The summed E-state index contributed by atoms with van der Waals surface area (Å²) in [7, 11) is 1.60. The average molecular weight is 483 g/mol. The number of anilines is 1. The van der Waals surface area contributed by atoms with Gasteiger partial charge < -0.3 is 10.1 Å². The van der Waals surface area contributed by atoms with Gasteiger partial charge in [0, 0.05) is 21.6 Å². The van der Waals surface area contributed by atoms with Crippen molar-refractivity contribution in [1.29, 1.82) is 0 Å². The molecule has 1 aromatic heterocycles. The second kappa shape index (κ2) is 10.9. The van der Waals surface area contributed by atoms with E-state index in [0.29, 0.717) is 22.0 Å². The molecule has 7 heteroatoms. The lowest BCUT2D eigenvalue weighted by Crippen LogP contribution is -2.46. The van der Waals surface area contributed by atoms with Crippen LogP contribution in [0.25, 0.3) is 0 Å². The number of rotatable bonds is 8. The summed E-state index contributed by atoms with van der Waals surface area (Å²) < 4.78 is 5.29. The largest absolute Gasteiger partial charge is 0.497 e. The summed E-state index contributed by atoms with van der Waals surface area (Å²) in [5.41, 5.74) is 1.35. The van der Waals surface area contributed by atoms with Crippen LogP contribution in [-0.2, 0) is 16.0 Å². The van der Waals surface area contributed by atoms with Gasteiger partial charge in [-0.05, 0) is 66.2 Å². The first-order valence-corrected chi connectivity index (χ1v) is 12.4. The Labute approximate surface area is 203 Å². The normalized spacial score (nSPS) is 14.6. The Morgan fingerprint density at radius 1 is 1.09 bits per heavy atom. The summed E-state index contributed by atoms with van der Waals surface area (Å²) >= 11 is 7.66. The minimum Gasteiger partial charge on any atom is -0.497 e. The van der Waals surface area contributed by atoms with Crippen LogP contribution in [0.4, 0.5) is 5.69 Å². The monoisotopic (exact) mass is 482 g/mol. The molecule has 2 aromatic carbocycles. The number of carbonyl (C=O) groups excluding carboxylic acids is 2. The third-order valence-electron chi connectivity index (χ3n) is 5.92. The number of benzene rings is 2. The number of amides is 2. The SMILES string of the molecule is COc1ccc(N(C(=O)Cc2cccs2)C(C(=O)NC2CCCC2)c2ccc(Cl)cc2)cc1. The van der Waals surface area contributed by atoms with Crippen LogP contribution >= 0.6 is 22.9 Å². The maximum atomic E-state index is 13.7. The van der Waals surface area contributed by atoms with Crippen molar-refractivity contribution >= 4 is 40.4 Å². The Morgan fingerprint density at radius 2 is 1.79 bits per heavy atom. The van der Waals surface area contributed by atoms with Gasteiger partial charge in [-0.3, -0.25) is 14.5 Å². The van der Waals surface area contributed by atoms with Crippen LogP contribution in [0, 0.1) is 0 Å². The van der Waals surface area contributed by atoms with Crippen LogP contribution < -0.4 is 15.0 Å². The van der Waals surface area contributed by atoms with Crippen molar-refractivity contribution in [2.24, 2.45) is 0 Å². The van der Waals surface area contributed by atoms with E-state index in [1.807, 2.05) is 41.8 Å². The number of hydrogen-bond acceptors (Lipinski definition) is 4. The van der Waals surface area contributed by atoms with Crippen molar-refractivity contribution < 1.29 is 14.3 Å². The highest BCUT2D eigenvalue weighted by atomic mass is 35.5. The summed E-state index contributed by atoms with van der Waals surface area (Å²) in [6.45, 7) is 0. The van der Waals surface area contributed by atoms with Crippen molar-refractivity contribution in [3.8, 4) is 5.75 Å². The van der Waals surface area contributed by atoms with Crippen LogP contribution in [0.5, 0.6) is 5.75 Å². The van der Waals surface area contributed by atoms with Gasteiger partial charge in [-0.25, -0.2) is 0 Å². The van der Waals surface area contributed by atoms with Gasteiger partial charge in [0.15, 0.2) is 0 Å². The number of ether oxygens (including phenoxy) is 1. The molecule has 2 amide bonds. The van der Waals surface area contributed by atoms with E-state index in [0.717, 1.165) is 30.6 Å². The molecule has 1 fully saturated rings. The predicted molar refractivity (Wildman–Crippen MR) is 133 cm³/mol. The molecule has 0 bridgehead atoms. The van der Waals surface area contributed by atoms with E-state index >= 15 is 0 Å². The summed E-state index contributed by atoms with van der Waals surface area (Å²) in [6, 6.07) is 17.6. The maximum Gasteiger partial charge on any atom is 0.248 e. The molecule has 1 heterocycles. The van der Waals surface area contributed by atoms with Gasteiger partial charge in [-0.1, -0.05) is 42.6 Å². The minimum absolute atomic E-state index is 0.136. The zero-order valence-electron chi connectivity index (χ0n) is 18.5. The third-order valence-corrected chi connectivity index (χ3v) is 7.05. The first-order chi connectivity index (χ1) is 16.0. The van der Waals surface area contributed by atoms with Gasteiger partial charge in [0.2, 0.25) is 11.8 Å². The molecule has 1 N–H and O–H groups in total. The number of carbonyl (C=O) groups is 2. The molecule has 0 saturated heterocycles. The molecular weight excluding hydrogens is 456 g/mol. The number of hydrogen-bond donors (Lipinski definition) is 1. The first kappa shape index (κ1) is 23.3. The van der Waals surface area contributed by atoms with Crippen LogP contribution in [0.3, 0.4) is 0 Å². The van der Waals surface area contributed by atoms with Crippen molar-refractivity contribution in [3.05, 3.63) is 81.5 Å². The smallest absolute Gasteiger partial charge is 0.248 e. The van der Waals surface area contributed by atoms with Gasteiger partial charge in [-0.15, -0.1) is 11.3 Å². The highest BCUT2D eigenvalue weighted by Crippen LogP contribution is 2.32. The molecule has 3 aromatic rings. The molecular formula is C26H27ClN2O3S. The van der Waals surface area contributed by atoms with E-state index in [1.165, 1.54) is 11.3 Å². The van der Waals surface area contributed by atoms with Gasteiger partial charge in [-0.2, -0.15) is 0 Å². The molecule has 1 aliphatic carbocycles. The molecule has 4 rings (SSSR count). The molecule has 172 valence electrons. The average Bonchev–Trinajstić information content (AvgIpc) is 3.53. The first-order valence-electron chi connectivity index (χ1n) is 11.1. The fourth-order valence-electron chi connectivity index (χ4n) is 4.24. The van der Waals surface area contributed by atoms with Crippen LogP contribution in [-0.4, -0.2) is 25.0 Å². The Hall–Kier alpha value is -2.83. The van der Waals surface area contributed by atoms with E-state index < -0.39 is 6.04 Å². The fraction of sp³-hybridized carbons (Fsp3) is 0.308. The van der Waals surface area contributed by atoms with Gasteiger partial charge in [0.25, 0.3) is 0 Å². The number of nitrogens with one attached hydrogen (secondary N) is 1. The molecule has 5 nitrogen and oxygen atoms in total. The van der Waals surface area contributed by atoms with Crippen LogP contribution in [0.1, 0.15) is 42.2 Å². The molecule has 0 aliphatic heterocycles. The zero-order chi connectivity index (χ0) is 23.2. The standard InChI is InChI=1S/C26H27ClN2O3S/c1-32-22-14-12-21(13-15-22)29(24(30)17-23-7-4-16-33-23)25(18-8-10-19(27)11-9-18)26(31)28-20-5-2-3-6-20/h4,7-16,20,25H,2-3,5-6,17H2,1H3,(H,28,31). The Balaban J connectivity index is 1.75. The lowest BCUT2D eigenvalue weighted by atomic mass is 10.0. The second-order valence-electron chi connectivity index (χ2n) is 8.16. The molecule has 33 heavy (non-hydrogen) atoms. The summed E-state index contributed by atoms with van der Waals surface area (Å²) in [5.74, 6) is 0.353. The maximum absolute atomic E-state index is 13.7. The number of nitrogens with zero attached hydrogens (tertiary/aromatic N) is 1. The highest BCUT2D eigenvalue weighted by molar-refractivity contribution is 7.10. The molecule has 0 radical (unpaired) electrons. The lowest BCUT2D eigenvalue weighted by Gasteiger charge is -2.32.